The highest BCUT2D eigenvalue weighted by Gasteiger charge is 2.14. The van der Waals surface area contributed by atoms with Crippen LogP contribution in [0.4, 0.5) is 8.78 Å². The Labute approximate surface area is 73.1 Å². The molecule has 0 unspecified atom stereocenters. The molecule has 1 rings (SSSR count). The third kappa shape index (κ3) is 1.72. The summed E-state index contributed by atoms with van der Waals surface area (Å²) in [6.45, 7) is 3.12. The molecule has 2 nitrogen and oxygen atoms in total. The number of benzene rings is 1. The highest BCUT2D eigenvalue weighted by Crippen LogP contribution is 2.18. The normalized spacial score (nSPS) is 9.69. The average Bonchev–Trinajstić information content (AvgIpc) is 2.08. The Morgan fingerprint density at radius 3 is 2.54 bits per heavy atom. The van der Waals surface area contributed by atoms with Crippen LogP contribution in [0.2, 0.25) is 0 Å². The van der Waals surface area contributed by atoms with E-state index in [1.54, 1.807) is 0 Å². The van der Waals surface area contributed by atoms with E-state index in [9.17, 15) is 13.6 Å². The van der Waals surface area contributed by atoms with Gasteiger partial charge in [0.1, 0.15) is 0 Å². The summed E-state index contributed by atoms with van der Waals surface area (Å²) in [6.07, 6.45) is 0. The molecule has 0 bridgehead atoms. The van der Waals surface area contributed by atoms with Gasteiger partial charge in [0, 0.05) is 5.56 Å². The summed E-state index contributed by atoms with van der Waals surface area (Å²) in [5.74, 6) is -3.64. The molecule has 0 saturated heterocycles. The Hall–Kier alpha value is -1.71. The first-order chi connectivity index (χ1) is 6.04. The molecule has 0 radical (unpaired) electrons. The second-order valence-electron chi connectivity index (χ2n) is 2.39. The minimum absolute atomic E-state index is 0.326. The minimum Gasteiger partial charge on any atom is -0.478 e. The van der Waals surface area contributed by atoms with Crippen molar-refractivity contribution in [2.75, 3.05) is 0 Å². The molecule has 0 amide bonds. The van der Waals surface area contributed by atoms with Crippen LogP contribution in [0, 0.1) is 11.6 Å². The van der Waals surface area contributed by atoms with Gasteiger partial charge in [-0.2, -0.15) is 0 Å². The maximum atomic E-state index is 12.9. The molecule has 0 fully saturated rings. The van der Waals surface area contributed by atoms with Crippen molar-refractivity contribution >= 4 is 11.5 Å². The lowest BCUT2D eigenvalue weighted by Gasteiger charge is -2.02. The van der Waals surface area contributed by atoms with Crippen molar-refractivity contribution in [3.8, 4) is 0 Å². The molecule has 4 heteroatoms. The summed E-state index contributed by atoms with van der Waals surface area (Å²) in [4.78, 5) is 10.4. The molecule has 0 atom stereocenters. The van der Waals surface area contributed by atoms with Crippen molar-refractivity contribution in [3.05, 3.63) is 42.0 Å². The van der Waals surface area contributed by atoms with Crippen LogP contribution in [-0.2, 0) is 4.79 Å². The van der Waals surface area contributed by atoms with E-state index >= 15 is 0 Å². The molecular formula is C9H6F2O2. The fourth-order valence-corrected chi connectivity index (χ4v) is 0.852. The topological polar surface area (TPSA) is 37.3 Å². The summed E-state index contributed by atoms with van der Waals surface area (Å²) in [5, 5.41) is 8.46. The first-order valence-electron chi connectivity index (χ1n) is 3.40. The van der Waals surface area contributed by atoms with Crippen LogP contribution in [0.15, 0.2) is 24.8 Å². The van der Waals surface area contributed by atoms with Gasteiger partial charge < -0.3 is 5.11 Å². The monoisotopic (exact) mass is 184 g/mol. The van der Waals surface area contributed by atoms with Gasteiger partial charge in [0.25, 0.3) is 0 Å². The van der Waals surface area contributed by atoms with Crippen molar-refractivity contribution in [2.24, 2.45) is 0 Å². The molecule has 1 aromatic carbocycles. The number of aliphatic carboxylic acids is 1. The van der Waals surface area contributed by atoms with Gasteiger partial charge in [-0.3, -0.25) is 0 Å². The number of carboxylic acid groups (broad SMARTS) is 1. The highest BCUT2D eigenvalue weighted by atomic mass is 19.2. The van der Waals surface area contributed by atoms with Crippen LogP contribution >= 0.6 is 0 Å². The molecule has 0 saturated carbocycles. The minimum atomic E-state index is -1.37. The fourth-order valence-electron chi connectivity index (χ4n) is 0.852. The maximum absolute atomic E-state index is 12.9. The maximum Gasteiger partial charge on any atom is 0.335 e. The van der Waals surface area contributed by atoms with Gasteiger partial charge in [0.05, 0.1) is 5.57 Å². The Balaban J connectivity index is 3.23. The van der Waals surface area contributed by atoms with Crippen molar-refractivity contribution in [1.29, 1.82) is 0 Å². The average molecular weight is 184 g/mol. The number of rotatable bonds is 2. The van der Waals surface area contributed by atoms with Crippen LogP contribution in [0.1, 0.15) is 5.56 Å². The van der Waals surface area contributed by atoms with Crippen LogP contribution in [0.25, 0.3) is 5.57 Å². The lowest BCUT2D eigenvalue weighted by atomic mass is 10.1. The summed E-state index contributed by atoms with van der Waals surface area (Å²) < 4.78 is 25.5. The van der Waals surface area contributed by atoms with Crippen molar-refractivity contribution in [2.45, 2.75) is 0 Å². The SMILES string of the molecule is C=C(C(=O)O)c1cccc(F)c1F. The largest absolute Gasteiger partial charge is 0.478 e. The fraction of sp³-hybridized carbons (Fsp3) is 0. The number of hydrogen-bond acceptors (Lipinski definition) is 1. The standard InChI is InChI=1S/C9H6F2O2/c1-5(9(12)13)6-3-2-4-7(10)8(6)11/h2-4H,1H2,(H,12,13). The second-order valence-corrected chi connectivity index (χ2v) is 2.39. The van der Waals surface area contributed by atoms with Crippen molar-refractivity contribution < 1.29 is 18.7 Å². The third-order valence-electron chi connectivity index (χ3n) is 1.53. The number of carbonyl (C=O) groups is 1. The van der Waals surface area contributed by atoms with E-state index in [0.29, 0.717) is 0 Å². The quantitative estimate of drug-likeness (QED) is 0.714. The van der Waals surface area contributed by atoms with E-state index in [4.69, 9.17) is 5.11 Å². The Morgan fingerprint density at radius 1 is 1.38 bits per heavy atom. The molecule has 0 aliphatic heterocycles. The van der Waals surface area contributed by atoms with E-state index in [-0.39, 0.29) is 5.56 Å². The zero-order valence-corrected chi connectivity index (χ0v) is 6.55. The predicted octanol–water partition coefficient (Wildman–Crippen LogP) is 2.06. The molecule has 1 aromatic rings. The lowest BCUT2D eigenvalue weighted by molar-refractivity contribution is -0.130. The van der Waals surface area contributed by atoms with Crippen LogP contribution in [0.5, 0.6) is 0 Å². The molecule has 0 aliphatic carbocycles. The van der Waals surface area contributed by atoms with Gasteiger partial charge in [0.15, 0.2) is 11.6 Å². The van der Waals surface area contributed by atoms with Gasteiger partial charge in [0.2, 0.25) is 0 Å². The predicted molar refractivity (Wildman–Crippen MR) is 43.0 cm³/mol. The second kappa shape index (κ2) is 3.35. The van der Waals surface area contributed by atoms with Crippen LogP contribution in [-0.4, -0.2) is 11.1 Å². The molecule has 0 aliphatic rings. The molecule has 0 spiro atoms. The van der Waals surface area contributed by atoms with Crippen LogP contribution < -0.4 is 0 Å². The molecule has 1 N–H and O–H groups in total. The zero-order chi connectivity index (χ0) is 10.0. The highest BCUT2D eigenvalue weighted by molar-refractivity contribution is 6.14. The van der Waals surface area contributed by atoms with Crippen molar-refractivity contribution in [3.63, 3.8) is 0 Å². The summed E-state index contributed by atoms with van der Waals surface area (Å²) in [5.41, 5.74) is -0.787. The van der Waals surface area contributed by atoms with Gasteiger partial charge in [-0.25, -0.2) is 13.6 Å². The summed E-state index contributed by atoms with van der Waals surface area (Å²) in [7, 11) is 0. The summed E-state index contributed by atoms with van der Waals surface area (Å²) >= 11 is 0. The lowest BCUT2D eigenvalue weighted by Crippen LogP contribution is -2.01. The third-order valence-corrected chi connectivity index (χ3v) is 1.53. The number of hydrogen-bond donors (Lipinski definition) is 1. The van der Waals surface area contributed by atoms with E-state index < -0.39 is 23.2 Å². The van der Waals surface area contributed by atoms with E-state index in [0.717, 1.165) is 12.1 Å². The van der Waals surface area contributed by atoms with E-state index in [2.05, 4.69) is 6.58 Å². The molecule has 0 aromatic heterocycles. The Kier molecular flexibility index (Phi) is 2.41. The first kappa shape index (κ1) is 9.38. The van der Waals surface area contributed by atoms with E-state index in [1.165, 1.54) is 6.07 Å². The summed E-state index contributed by atoms with van der Waals surface area (Å²) in [6, 6.07) is 3.30. The Morgan fingerprint density at radius 2 is 2.00 bits per heavy atom. The van der Waals surface area contributed by atoms with Crippen molar-refractivity contribution in [1.82, 2.24) is 0 Å². The van der Waals surface area contributed by atoms with Gasteiger partial charge in [-0.1, -0.05) is 18.7 Å². The molecule has 13 heavy (non-hydrogen) atoms. The zero-order valence-electron chi connectivity index (χ0n) is 6.55. The van der Waals surface area contributed by atoms with Gasteiger partial charge in [-0.05, 0) is 6.07 Å². The molecule has 68 valence electrons. The van der Waals surface area contributed by atoms with Gasteiger partial charge in [-0.15, -0.1) is 0 Å². The smallest absolute Gasteiger partial charge is 0.335 e. The molecule has 0 heterocycles. The first-order valence-corrected chi connectivity index (χ1v) is 3.40. The number of halogens is 2. The van der Waals surface area contributed by atoms with Gasteiger partial charge >= 0.3 is 5.97 Å². The number of carboxylic acids is 1. The molecular weight excluding hydrogens is 178 g/mol. The Bertz CT molecular complexity index is 372. The van der Waals surface area contributed by atoms with E-state index in [1.807, 2.05) is 0 Å². The van der Waals surface area contributed by atoms with Crippen LogP contribution in [0.3, 0.4) is 0 Å².